The van der Waals surface area contributed by atoms with E-state index in [4.69, 9.17) is 0 Å². The first kappa shape index (κ1) is 14.0. The average molecular weight is 247 g/mol. The predicted octanol–water partition coefficient (Wildman–Crippen LogP) is 1.84. The van der Waals surface area contributed by atoms with E-state index in [2.05, 4.69) is 19.2 Å². The zero-order chi connectivity index (χ0) is 12.0. The molecule has 1 N–H and O–H groups in total. The molecule has 0 spiro atoms. The second kappa shape index (κ2) is 6.60. The maximum atomic E-state index is 11.9. The lowest BCUT2D eigenvalue weighted by Gasteiger charge is -2.27. The van der Waals surface area contributed by atoms with E-state index in [1.165, 1.54) is 0 Å². The summed E-state index contributed by atoms with van der Waals surface area (Å²) in [7, 11) is -2.82. The highest BCUT2D eigenvalue weighted by Gasteiger charge is 2.26. The molecule has 1 unspecified atom stereocenters. The van der Waals surface area contributed by atoms with Crippen LogP contribution in [0.15, 0.2) is 0 Å². The minimum atomic E-state index is -2.82. The molecule has 0 aromatic heterocycles. The zero-order valence-corrected chi connectivity index (χ0v) is 11.4. The SMILES string of the molecule is CCCCC(CC)CS(=O)(=O)CC1CNC1. The second-order valence-corrected chi connectivity index (χ2v) is 7.17. The van der Waals surface area contributed by atoms with Gasteiger partial charge >= 0.3 is 0 Å². The molecule has 0 bridgehead atoms. The Balaban J connectivity index is 2.35. The van der Waals surface area contributed by atoms with Crippen molar-refractivity contribution in [3.63, 3.8) is 0 Å². The third-order valence-electron chi connectivity index (χ3n) is 3.39. The minimum absolute atomic E-state index is 0.369. The van der Waals surface area contributed by atoms with Gasteiger partial charge in [0.15, 0.2) is 9.84 Å². The fourth-order valence-electron chi connectivity index (χ4n) is 2.15. The van der Waals surface area contributed by atoms with Gasteiger partial charge in [-0.3, -0.25) is 0 Å². The largest absolute Gasteiger partial charge is 0.316 e. The van der Waals surface area contributed by atoms with E-state index in [1.807, 2.05) is 0 Å². The van der Waals surface area contributed by atoms with Gasteiger partial charge in [-0.2, -0.15) is 0 Å². The summed E-state index contributed by atoms with van der Waals surface area (Å²) >= 11 is 0. The van der Waals surface area contributed by atoms with E-state index in [9.17, 15) is 8.42 Å². The Hall–Kier alpha value is -0.0900. The Morgan fingerprint density at radius 1 is 1.31 bits per heavy atom. The summed E-state index contributed by atoms with van der Waals surface area (Å²) in [6, 6.07) is 0. The number of hydrogen-bond acceptors (Lipinski definition) is 3. The maximum absolute atomic E-state index is 11.9. The summed E-state index contributed by atoms with van der Waals surface area (Å²) in [5.41, 5.74) is 0. The van der Waals surface area contributed by atoms with E-state index in [1.54, 1.807) is 0 Å². The smallest absolute Gasteiger partial charge is 0.150 e. The Morgan fingerprint density at radius 2 is 2.00 bits per heavy atom. The van der Waals surface area contributed by atoms with Gasteiger partial charge in [-0.25, -0.2) is 8.42 Å². The monoisotopic (exact) mass is 247 g/mol. The van der Waals surface area contributed by atoms with Crippen LogP contribution in [0.4, 0.5) is 0 Å². The molecule has 1 rings (SSSR count). The van der Waals surface area contributed by atoms with Crippen LogP contribution in [0, 0.1) is 11.8 Å². The lowest BCUT2D eigenvalue weighted by molar-refractivity contribution is 0.377. The van der Waals surface area contributed by atoms with Crippen molar-refractivity contribution >= 4 is 9.84 Å². The standard InChI is InChI=1S/C12H25NO2S/c1-3-5-6-11(4-2)9-16(14,15)10-12-7-13-8-12/h11-13H,3-10H2,1-2H3. The Kier molecular flexibility index (Phi) is 5.76. The third kappa shape index (κ3) is 4.83. The van der Waals surface area contributed by atoms with E-state index < -0.39 is 9.84 Å². The zero-order valence-electron chi connectivity index (χ0n) is 10.5. The fourth-order valence-corrected chi connectivity index (χ4v) is 4.36. The summed E-state index contributed by atoms with van der Waals surface area (Å²) in [6.07, 6.45) is 4.36. The molecule has 1 atom stereocenters. The molecule has 96 valence electrons. The van der Waals surface area contributed by atoms with E-state index >= 15 is 0 Å². The average Bonchev–Trinajstić information content (AvgIpc) is 2.18. The topological polar surface area (TPSA) is 46.2 Å². The van der Waals surface area contributed by atoms with E-state index in [-0.39, 0.29) is 0 Å². The summed E-state index contributed by atoms with van der Waals surface area (Å²) in [5, 5.41) is 3.12. The summed E-state index contributed by atoms with van der Waals surface area (Å²) in [6.45, 7) is 6.01. The van der Waals surface area contributed by atoms with Gasteiger partial charge in [-0.1, -0.05) is 33.1 Å². The molecular weight excluding hydrogens is 222 g/mol. The first-order chi connectivity index (χ1) is 7.57. The molecule has 0 aliphatic carbocycles. The van der Waals surface area contributed by atoms with Crippen molar-refractivity contribution in [3.05, 3.63) is 0 Å². The molecule has 0 aromatic carbocycles. The van der Waals surface area contributed by atoms with Gasteiger partial charge in [-0.05, 0) is 18.3 Å². The molecule has 0 amide bonds. The Morgan fingerprint density at radius 3 is 2.44 bits per heavy atom. The van der Waals surface area contributed by atoms with Crippen molar-refractivity contribution < 1.29 is 8.42 Å². The lowest BCUT2D eigenvalue weighted by atomic mass is 10.0. The summed E-state index contributed by atoms with van der Waals surface area (Å²) in [5.74, 6) is 1.54. The second-order valence-electron chi connectivity index (χ2n) is 5.02. The first-order valence-corrected chi connectivity index (χ1v) is 8.30. The summed E-state index contributed by atoms with van der Waals surface area (Å²) < 4.78 is 23.9. The molecule has 0 radical (unpaired) electrons. The molecule has 4 heteroatoms. The van der Waals surface area contributed by atoms with Crippen molar-refractivity contribution in [2.24, 2.45) is 11.8 Å². The van der Waals surface area contributed by atoms with Gasteiger partial charge in [0.2, 0.25) is 0 Å². The first-order valence-electron chi connectivity index (χ1n) is 6.48. The van der Waals surface area contributed by atoms with Crippen LogP contribution in [0.1, 0.15) is 39.5 Å². The van der Waals surface area contributed by atoms with Crippen LogP contribution in [-0.2, 0) is 9.84 Å². The molecule has 16 heavy (non-hydrogen) atoms. The van der Waals surface area contributed by atoms with E-state index in [0.29, 0.717) is 23.3 Å². The van der Waals surface area contributed by atoms with Gasteiger partial charge in [0, 0.05) is 13.1 Å². The van der Waals surface area contributed by atoms with Crippen molar-refractivity contribution in [2.75, 3.05) is 24.6 Å². The van der Waals surface area contributed by atoms with E-state index in [0.717, 1.165) is 38.8 Å². The molecule has 1 fully saturated rings. The number of nitrogens with one attached hydrogen (secondary N) is 1. The Labute approximate surface area is 99.9 Å². The molecule has 1 saturated heterocycles. The van der Waals surface area contributed by atoms with Gasteiger partial charge in [0.25, 0.3) is 0 Å². The normalized spacial score (nSPS) is 19.4. The third-order valence-corrected chi connectivity index (χ3v) is 5.35. The molecule has 1 aliphatic rings. The van der Waals surface area contributed by atoms with Crippen LogP contribution in [0.5, 0.6) is 0 Å². The van der Waals surface area contributed by atoms with Crippen LogP contribution >= 0.6 is 0 Å². The number of rotatable bonds is 8. The van der Waals surface area contributed by atoms with Crippen LogP contribution in [0.2, 0.25) is 0 Å². The molecule has 0 aromatic rings. The highest BCUT2D eigenvalue weighted by Crippen LogP contribution is 2.17. The predicted molar refractivity (Wildman–Crippen MR) is 68.3 cm³/mol. The van der Waals surface area contributed by atoms with Crippen molar-refractivity contribution in [2.45, 2.75) is 39.5 Å². The number of unbranched alkanes of at least 4 members (excludes halogenated alkanes) is 1. The fraction of sp³-hybridized carbons (Fsp3) is 1.00. The van der Waals surface area contributed by atoms with Crippen LogP contribution in [0.3, 0.4) is 0 Å². The van der Waals surface area contributed by atoms with Gasteiger partial charge in [0.1, 0.15) is 0 Å². The van der Waals surface area contributed by atoms with Crippen LogP contribution in [-0.4, -0.2) is 33.0 Å². The van der Waals surface area contributed by atoms with Crippen LogP contribution < -0.4 is 5.32 Å². The molecule has 1 heterocycles. The minimum Gasteiger partial charge on any atom is -0.316 e. The highest BCUT2D eigenvalue weighted by atomic mass is 32.2. The number of sulfone groups is 1. The number of hydrogen-bond donors (Lipinski definition) is 1. The molecular formula is C12H25NO2S. The van der Waals surface area contributed by atoms with Crippen molar-refractivity contribution in [1.82, 2.24) is 5.32 Å². The molecule has 1 aliphatic heterocycles. The quantitative estimate of drug-likeness (QED) is 0.712. The van der Waals surface area contributed by atoms with Crippen molar-refractivity contribution in [3.8, 4) is 0 Å². The summed E-state index contributed by atoms with van der Waals surface area (Å²) in [4.78, 5) is 0. The maximum Gasteiger partial charge on any atom is 0.150 e. The van der Waals surface area contributed by atoms with Gasteiger partial charge in [-0.15, -0.1) is 0 Å². The van der Waals surface area contributed by atoms with Gasteiger partial charge < -0.3 is 5.32 Å². The highest BCUT2D eigenvalue weighted by molar-refractivity contribution is 7.91. The molecule has 3 nitrogen and oxygen atoms in total. The van der Waals surface area contributed by atoms with Crippen LogP contribution in [0.25, 0.3) is 0 Å². The van der Waals surface area contributed by atoms with Gasteiger partial charge in [0.05, 0.1) is 11.5 Å². The lowest BCUT2D eigenvalue weighted by Crippen LogP contribution is -2.46. The Bertz CT molecular complexity index is 283. The molecule has 0 saturated carbocycles. The van der Waals surface area contributed by atoms with Crippen molar-refractivity contribution in [1.29, 1.82) is 0 Å².